The number of nitrogens with one attached hydrogen (secondary N) is 2. The largest absolute Gasteiger partial charge is 0.294 e. The van der Waals surface area contributed by atoms with Crippen molar-refractivity contribution in [2.24, 2.45) is 0 Å². The van der Waals surface area contributed by atoms with Crippen molar-refractivity contribution in [1.29, 1.82) is 0 Å². The molecule has 2 N–H and O–H groups in total. The molecular formula is C5H8N4OS2. The highest BCUT2D eigenvalue weighted by Crippen LogP contribution is 2.15. The SMILES string of the molecule is CSSCC(=O)Nc1ncn[nH]1. The van der Waals surface area contributed by atoms with Crippen molar-refractivity contribution in [2.75, 3.05) is 17.3 Å². The number of anilines is 1. The van der Waals surface area contributed by atoms with Crippen molar-refractivity contribution < 1.29 is 4.79 Å². The fraction of sp³-hybridized carbons (Fsp3) is 0.400. The van der Waals surface area contributed by atoms with Gasteiger partial charge in [-0.2, -0.15) is 10.1 Å². The van der Waals surface area contributed by atoms with E-state index in [2.05, 4.69) is 20.5 Å². The van der Waals surface area contributed by atoms with Crippen molar-refractivity contribution in [1.82, 2.24) is 15.2 Å². The zero-order valence-corrected chi connectivity index (χ0v) is 8.04. The van der Waals surface area contributed by atoms with E-state index in [1.807, 2.05) is 6.26 Å². The first-order chi connectivity index (χ1) is 5.83. The van der Waals surface area contributed by atoms with Crippen LogP contribution in [-0.4, -0.2) is 33.1 Å². The molecule has 1 aromatic heterocycles. The molecule has 0 aromatic carbocycles. The van der Waals surface area contributed by atoms with Gasteiger partial charge in [0.2, 0.25) is 11.9 Å². The number of amides is 1. The van der Waals surface area contributed by atoms with Gasteiger partial charge in [0, 0.05) is 0 Å². The molecule has 0 aliphatic rings. The third-order valence-corrected chi connectivity index (χ3v) is 2.66. The lowest BCUT2D eigenvalue weighted by Crippen LogP contribution is -2.14. The van der Waals surface area contributed by atoms with Crippen LogP contribution in [0.4, 0.5) is 5.95 Å². The van der Waals surface area contributed by atoms with Crippen LogP contribution in [0.1, 0.15) is 0 Å². The molecule has 0 bridgehead atoms. The zero-order valence-electron chi connectivity index (χ0n) is 6.40. The summed E-state index contributed by atoms with van der Waals surface area (Å²) in [5.41, 5.74) is 0. The van der Waals surface area contributed by atoms with Crippen LogP contribution >= 0.6 is 21.6 Å². The van der Waals surface area contributed by atoms with Crippen LogP contribution in [-0.2, 0) is 4.79 Å². The van der Waals surface area contributed by atoms with Gasteiger partial charge >= 0.3 is 0 Å². The zero-order chi connectivity index (χ0) is 8.81. The Labute approximate surface area is 77.5 Å². The minimum Gasteiger partial charge on any atom is -0.294 e. The van der Waals surface area contributed by atoms with Gasteiger partial charge in [0.25, 0.3) is 0 Å². The number of hydrogen-bond donors (Lipinski definition) is 2. The number of carbonyl (C=O) groups excluding carboxylic acids is 1. The number of H-pyrrole nitrogens is 1. The monoisotopic (exact) mass is 204 g/mol. The second-order valence-electron chi connectivity index (χ2n) is 1.81. The van der Waals surface area contributed by atoms with E-state index in [9.17, 15) is 4.79 Å². The molecule has 1 heterocycles. The lowest BCUT2D eigenvalue weighted by Gasteiger charge is -1.97. The molecule has 12 heavy (non-hydrogen) atoms. The molecular weight excluding hydrogens is 196 g/mol. The summed E-state index contributed by atoms with van der Waals surface area (Å²) in [4.78, 5) is 14.8. The third kappa shape index (κ3) is 3.14. The molecule has 7 heteroatoms. The summed E-state index contributed by atoms with van der Waals surface area (Å²) >= 11 is 0. The van der Waals surface area contributed by atoms with Gasteiger partial charge in [-0.15, -0.1) is 0 Å². The molecule has 0 radical (unpaired) electrons. The second kappa shape index (κ2) is 5.04. The van der Waals surface area contributed by atoms with Gasteiger partial charge in [-0.3, -0.25) is 10.1 Å². The number of hydrogen-bond acceptors (Lipinski definition) is 5. The number of aromatic amines is 1. The Morgan fingerprint density at radius 1 is 1.83 bits per heavy atom. The van der Waals surface area contributed by atoms with E-state index in [4.69, 9.17) is 0 Å². The maximum atomic E-state index is 11.0. The van der Waals surface area contributed by atoms with Crippen LogP contribution in [0.15, 0.2) is 6.33 Å². The van der Waals surface area contributed by atoms with E-state index in [1.165, 1.54) is 17.1 Å². The Hall–Kier alpha value is -0.690. The average Bonchev–Trinajstić information content (AvgIpc) is 2.53. The summed E-state index contributed by atoms with van der Waals surface area (Å²) in [5.74, 6) is 0.731. The molecule has 66 valence electrons. The Balaban J connectivity index is 2.27. The first kappa shape index (κ1) is 9.40. The molecule has 1 aromatic rings. The summed E-state index contributed by atoms with van der Waals surface area (Å²) < 4.78 is 0. The van der Waals surface area contributed by atoms with E-state index in [0.29, 0.717) is 11.7 Å². The molecule has 1 amide bonds. The van der Waals surface area contributed by atoms with Crippen molar-refractivity contribution in [3.05, 3.63) is 6.33 Å². The smallest absolute Gasteiger partial charge is 0.237 e. The quantitative estimate of drug-likeness (QED) is 0.708. The molecule has 0 spiro atoms. The average molecular weight is 204 g/mol. The van der Waals surface area contributed by atoms with Gasteiger partial charge in [-0.1, -0.05) is 21.6 Å². The number of aromatic nitrogens is 3. The molecule has 0 aliphatic carbocycles. The third-order valence-electron chi connectivity index (χ3n) is 0.981. The fourth-order valence-electron chi connectivity index (χ4n) is 0.546. The van der Waals surface area contributed by atoms with E-state index in [1.54, 1.807) is 10.8 Å². The minimum atomic E-state index is -0.0777. The van der Waals surface area contributed by atoms with Crippen LogP contribution in [0.5, 0.6) is 0 Å². The standard InChI is InChI=1S/C5H8N4OS2/c1-11-12-2-4(10)8-5-6-3-7-9-5/h3H,2H2,1H3,(H2,6,7,8,9,10). The second-order valence-corrected chi connectivity index (χ2v) is 4.38. The summed E-state index contributed by atoms with van der Waals surface area (Å²) in [7, 11) is 3.03. The van der Waals surface area contributed by atoms with Gasteiger partial charge in [-0.25, -0.2) is 5.10 Å². The highest BCUT2D eigenvalue weighted by molar-refractivity contribution is 8.76. The van der Waals surface area contributed by atoms with Crippen LogP contribution in [0.25, 0.3) is 0 Å². The van der Waals surface area contributed by atoms with E-state index < -0.39 is 0 Å². The van der Waals surface area contributed by atoms with Crippen molar-refractivity contribution in [2.45, 2.75) is 0 Å². The molecule has 5 nitrogen and oxygen atoms in total. The Morgan fingerprint density at radius 3 is 3.25 bits per heavy atom. The first-order valence-electron chi connectivity index (χ1n) is 3.13. The normalized spacial score (nSPS) is 9.75. The Morgan fingerprint density at radius 2 is 2.67 bits per heavy atom. The molecule has 1 rings (SSSR count). The van der Waals surface area contributed by atoms with E-state index in [-0.39, 0.29) is 5.91 Å². The molecule has 0 unspecified atom stereocenters. The number of rotatable bonds is 4. The Kier molecular flexibility index (Phi) is 3.95. The predicted octanol–water partition coefficient (Wildman–Crippen LogP) is 0.754. The van der Waals surface area contributed by atoms with Crippen LogP contribution < -0.4 is 5.32 Å². The maximum absolute atomic E-state index is 11.0. The Bertz CT molecular complexity index is 238. The van der Waals surface area contributed by atoms with Crippen molar-refractivity contribution in [3.63, 3.8) is 0 Å². The highest BCUT2D eigenvalue weighted by atomic mass is 33.1. The molecule has 0 atom stereocenters. The van der Waals surface area contributed by atoms with Gasteiger partial charge in [0.1, 0.15) is 6.33 Å². The summed E-state index contributed by atoms with van der Waals surface area (Å²) in [5, 5.41) is 8.68. The minimum absolute atomic E-state index is 0.0777. The van der Waals surface area contributed by atoms with E-state index >= 15 is 0 Å². The van der Waals surface area contributed by atoms with Gasteiger partial charge in [-0.05, 0) is 6.26 Å². The van der Waals surface area contributed by atoms with Crippen molar-refractivity contribution in [3.8, 4) is 0 Å². The topological polar surface area (TPSA) is 70.7 Å². The van der Waals surface area contributed by atoms with Crippen LogP contribution in [0.3, 0.4) is 0 Å². The fourth-order valence-corrected chi connectivity index (χ4v) is 1.52. The molecule has 0 saturated heterocycles. The molecule has 0 aliphatic heterocycles. The molecule has 0 fully saturated rings. The number of nitrogens with zero attached hydrogens (tertiary/aromatic N) is 2. The van der Waals surface area contributed by atoms with Gasteiger partial charge in [0.05, 0.1) is 5.75 Å². The van der Waals surface area contributed by atoms with Crippen molar-refractivity contribution >= 4 is 33.4 Å². The lowest BCUT2D eigenvalue weighted by atomic mass is 10.7. The van der Waals surface area contributed by atoms with Gasteiger partial charge in [0.15, 0.2) is 0 Å². The first-order valence-corrected chi connectivity index (χ1v) is 5.86. The predicted molar refractivity (Wildman–Crippen MR) is 51.0 cm³/mol. The van der Waals surface area contributed by atoms with E-state index in [0.717, 1.165) is 0 Å². The summed E-state index contributed by atoms with van der Waals surface area (Å²) in [6.07, 6.45) is 3.27. The summed E-state index contributed by atoms with van der Waals surface area (Å²) in [6, 6.07) is 0. The maximum Gasteiger partial charge on any atom is 0.237 e. The highest BCUT2D eigenvalue weighted by Gasteiger charge is 2.02. The molecule has 0 saturated carbocycles. The van der Waals surface area contributed by atoms with Crippen LogP contribution in [0, 0.1) is 0 Å². The number of carbonyl (C=O) groups is 1. The lowest BCUT2D eigenvalue weighted by molar-refractivity contribution is -0.113. The van der Waals surface area contributed by atoms with Gasteiger partial charge < -0.3 is 0 Å². The summed E-state index contributed by atoms with van der Waals surface area (Å²) in [6.45, 7) is 0. The van der Waals surface area contributed by atoms with Crippen LogP contribution in [0.2, 0.25) is 0 Å².